The molecule has 1 amide bonds. The lowest BCUT2D eigenvalue weighted by Crippen LogP contribution is -2.53. The molecule has 1 heterocycles. The molecule has 4 rings (SSSR count). The third-order valence-electron chi connectivity index (χ3n) is 5.84. The van der Waals surface area contributed by atoms with Crippen LogP contribution in [0.25, 0.3) is 0 Å². The van der Waals surface area contributed by atoms with Gasteiger partial charge in [0, 0.05) is 42.8 Å². The maximum absolute atomic E-state index is 12.6. The number of hydrogen-bond donors (Lipinski definition) is 0. The molecule has 0 spiro atoms. The second-order valence-electron chi connectivity index (χ2n) is 7.08. The van der Waals surface area contributed by atoms with Crippen LogP contribution in [0.15, 0.2) is 24.3 Å². The molecule has 3 aliphatic rings. The summed E-state index contributed by atoms with van der Waals surface area (Å²) < 4.78 is 0. The van der Waals surface area contributed by atoms with E-state index < -0.39 is 0 Å². The molecule has 3 atom stereocenters. The molecule has 22 heavy (non-hydrogen) atoms. The van der Waals surface area contributed by atoms with Crippen molar-refractivity contribution >= 4 is 17.5 Å². The zero-order valence-corrected chi connectivity index (χ0v) is 13.6. The Bertz CT molecular complexity index is 568. The highest BCUT2D eigenvalue weighted by molar-refractivity contribution is 6.30. The van der Waals surface area contributed by atoms with Crippen LogP contribution in [0.4, 0.5) is 0 Å². The lowest BCUT2D eigenvalue weighted by Gasteiger charge is -2.41. The Balaban J connectivity index is 1.36. The first kappa shape index (κ1) is 14.5. The van der Waals surface area contributed by atoms with Gasteiger partial charge in [-0.05, 0) is 49.3 Å². The second kappa shape index (κ2) is 5.86. The topological polar surface area (TPSA) is 23.6 Å². The van der Waals surface area contributed by atoms with Gasteiger partial charge in [0.2, 0.25) is 0 Å². The van der Waals surface area contributed by atoms with Crippen molar-refractivity contribution in [2.24, 2.45) is 11.8 Å². The Morgan fingerprint density at radius 2 is 1.91 bits per heavy atom. The SMILES string of the molecule is O=C(c1cccc(Cl)c1)N1CCN([C@H]2C[C@H]3CC[C@H]2C3)CC1. The van der Waals surface area contributed by atoms with E-state index >= 15 is 0 Å². The lowest BCUT2D eigenvalue weighted by atomic mass is 9.93. The predicted octanol–water partition coefficient (Wildman–Crippen LogP) is 3.29. The molecule has 1 aromatic rings. The number of carbonyl (C=O) groups is 1. The Morgan fingerprint density at radius 1 is 1.09 bits per heavy atom. The standard InChI is InChI=1S/C18H23ClN2O/c19-16-3-1-2-15(12-16)18(22)21-8-6-20(7-9-21)17-11-13-4-5-14(17)10-13/h1-3,12-14,17H,4-11H2/t13-,14-,17-/m0/s1. The van der Waals surface area contributed by atoms with Gasteiger partial charge in [-0.15, -0.1) is 0 Å². The third-order valence-corrected chi connectivity index (χ3v) is 6.08. The summed E-state index contributed by atoms with van der Waals surface area (Å²) in [5, 5.41) is 0.631. The van der Waals surface area contributed by atoms with E-state index in [9.17, 15) is 4.79 Å². The number of piperazine rings is 1. The third kappa shape index (κ3) is 2.65. The quantitative estimate of drug-likeness (QED) is 0.835. The zero-order chi connectivity index (χ0) is 15.1. The average Bonchev–Trinajstić information content (AvgIpc) is 3.17. The first-order valence-corrected chi connectivity index (χ1v) is 8.87. The fourth-order valence-corrected chi connectivity index (χ4v) is 4.91. The van der Waals surface area contributed by atoms with E-state index in [1.165, 1.54) is 25.7 Å². The first-order valence-electron chi connectivity index (χ1n) is 8.49. The normalized spacial score (nSPS) is 31.7. The monoisotopic (exact) mass is 318 g/mol. The number of fused-ring (bicyclic) bond motifs is 2. The smallest absolute Gasteiger partial charge is 0.253 e. The van der Waals surface area contributed by atoms with Crippen molar-refractivity contribution in [3.8, 4) is 0 Å². The maximum atomic E-state index is 12.6. The van der Waals surface area contributed by atoms with Crippen LogP contribution in [0.1, 0.15) is 36.0 Å². The molecule has 1 saturated heterocycles. The molecule has 0 radical (unpaired) electrons. The zero-order valence-electron chi connectivity index (χ0n) is 12.9. The summed E-state index contributed by atoms with van der Waals surface area (Å²) >= 11 is 5.99. The molecular weight excluding hydrogens is 296 g/mol. The van der Waals surface area contributed by atoms with E-state index in [1.54, 1.807) is 6.07 Å². The van der Waals surface area contributed by atoms with Gasteiger partial charge in [-0.2, -0.15) is 0 Å². The van der Waals surface area contributed by atoms with Gasteiger partial charge in [0.05, 0.1) is 0 Å². The van der Waals surface area contributed by atoms with E-state index in [0.29, 0.717) is 10.6 Å². The summed E-state index contributed by atoms with van der Waals surface area (Å²) in [6, 6.07) is 8.08. The molecule has 0 unspecified atom stereocenters. The summed E-state index contributed by atoms with van der Waals surface area (Å²) in [6.07, 6.45) is 5.73. The van der Waals surface area contributed by atoms with Gasteiger partial charge >= 0.3 is 0 Å². The molecule has 1 aromatic carbocycles. The number of carbonyl (C=O) groups excluding carboxylic acids is 1. The van der Waals surface area contributed by atoms with Crippen LogP contribution in [-0.4, -0.2) is 47.9 Å². The Labute approximate surface area is 137 Å². The molecule has 0 N–H and O–H groups in total. The van der Waals surface area contributed by atoms with Gasteiger partial charge < -0.3 is 4.90 Å². The molecule has 3 fully saturated rings. The highest BCUT2D eigenvalue weighted by atomic mass is 35.5. The summed E-state index contributed by atoms with van der Waals surface area (Å²) in [5.74, 6) is 2.04. The average molecular weight is 319 g/mol. The molecule has 118 valence electrons. The van der Waals surface area contributed by atoms with Crippen LogP contribution in [0.2, 0.25) is 5.02 Å². The summed E-state index contributed by atoms with van der Waals surface area (Å²) in [5.41, 5.74) is 0.709. The largest absolute Gasteiger partial charge is 0.336 e. The van der Waals surface area contributed by atoms with Crippen molar-refractivity contribution in [1.29, 1.82) is 0 Å². The summed E-state index contributed by atoms with van der Waals surface area (Å²) in [6.45, 7) is 3.75. The summed E-state index contributed by atoms with van der Waals surface area (Å²) in [7, 11) is 0. The van der Waals surface area contributed by atoms with Crippen molar-refractivity contribution in [1.82, 2.24) is 9.80 Å². The molecule has 4 heteroatoms. The summed E-state index contributed by atoms with van der Waals surface area (Å²) in [4.78, 5) is 17.2. The number of benzene rings is 1. The van der Waals surface area contributed by atoms with Crippen molar-refractivity contribution < 1.29 is 4.79 Å². The fourth-order valence-electron chi connectivity index (χ4n) is 4.72. The number of halogens is 1. The van der Waals surface area contributed by atoms with Gasteiger partial charge in [-0.3, -0.25) is 9.69 Å². The minimum Gasteiger partial charge on any atom is -0.336 e. The predicted molar refractivity (Wildman–Crippen MR) is 88.2 cm³/mol. The van der Waals surface area contributed by atoms with E-state index in [2.05, 4.69) is 4.90 Å². The van der Waals surface area contributed by atoms with Crippen LogP contribution >= 0.6 is 11.6 Å². The fraction of sp³-hybridized carbons (Fsp3) is 0.611. The van der Waals surface area contributed by atoms with Gasteiger partial charge in [0.15, 0.2) is 0 Å². The highest BCUT2D eigenvalue weighted by Gasteiger charge is 2.42. The Morgan fingerprint density at radius 3 is 2.55 bits per heavy atom. The van der Waals surface area contributed by atoms with Gasteiger partial charge in [0.1, 0.15) is 0 Å². The molecule has 0 aromatic heterocycles. The number of hydrogen-bond acceptors (Lipinski definition) is 2. The van der Waals surface area contributed by atoms with Crippen LogP contribution < -0.4 is 0 Å². The second-order valence-corrected chi connectivity index (χ2v) is 7.52. The van der Waals surface area contributed by atoms with Crippen LogP contribution in [-0.2, 0) is 0 Å². The number of nitrogens with zero attached hydrogens (tertiary/aromatic N) is 2. The van der Waals surface area contributed by atoms with E-state index in [4.69, 9.17) is 11.6 Å². The molecular formula is C18H23ClN2O. The number of rotatable bonds is 2. The first-order chi connectivity index (χ1) is 10.7. The Hall–Kier alpha value is -1.06. The molecule has 2 bridgehead atoms. The van der Waals surface area contributed by atoms with E-state index in [0.717, 1.165) is 44.1 Å². The van der Waals surface area contributed by atoms with Crippen molar-refractivity contribution in [2.45, 2.75) is 31.7 Å². The van der Waals surface area contributed by atoms with Crippen molar-refractivity contribution in [3.63, 3.8) is 0 Å². The minimum atomic E-state index is 0.120. The number of amides is 1. The Kier molecular flexibility index (Phi) is 3.87. The highest BCUT2D eigenvalue weighted by Crippen LogP contribution is 2.46. The van der Waals surface area contributed by atoms with Crippen LogP contribution in [0.5, 0.6) is 0 Å². The van der Waals surface area contributed by atoms with Gasteiger partial charge in [-0.25, -0.2) is 0 Å². The van der Waals surface area contributed by atoms with Gasteiger partial charge in [0.25, 0.3) is 5.91 Å². The molecule has 3 nitrogen and oxygen atoms in total. The molecule has 1 aliphatic heterocycles. The maximum Gasteiger partial charge on any atom is 0.253 e. The minimum absolute atomic E-state index is 0.120. The van der Waals surface area contributed by atoms with Crippen LogP contribution in [0.3, 0.4) is 0 Å². The molecule has 2 aliphatic carbocycles. The van der Waals surface area contributed by atoms with Crippen LogP contribution in [0, 0.1) is 11.8 Å². The van der Waals surface area contributed by atoms with E-state index in [-0.39, 0.29) is 5.91 Å². The van der Waals surface area contributed by atoms with E-state index in [1.807, 2.05) is 23.1 Å². The molecule has 2 saturated carbocycles. The van der Waals surface area contributed by atoms with Crippen molar-refractivity contribution in [3.05, 3.63) is 34.9 Å². The van der Waals surface area contributed by atoms with Gasteiger partial charge in [-0.1, -0.05) is 24.1 Å². The lowest BCUT2D eigenvalue weighted by molar-refractivity contribution is 0.0496. The van der Waals surface area contributed by atoms with Crippen molar-refractivity contribution in [2.75, 3.05) is 26.2 Å².